The normalized spacial score (nSPS) is 19.8. The van der Waals surface area contributed by atoms with Gasteiger partial charge in [0.1, 0.15) is 11.6 Å². The number of aromatic nitrogens is 5. The van der Waals surface area contributed by atoms with Crippen LogP contribution >= 0.6 is 0 Å². The largest absolute Gasteiger partial charge is 0.476 e. The van der Waals surface area contributed by atoms with Crippen molar-refractivity contribution >= 4 is 11.5 Å². The number of hydrogen-bond acceptors (Lipinski definition) is 6. The van der Waals surface area contributed by atoms with Crippen molar-refractivity contribution in [3.8, 4) is 5.88 Å². The van der Waals surface area contributed by atoms with Gasteiger partial charge in [0.05, 0.1) is 18.5 Å². The van der Waals surface area contributed by atoms with Gasteiger partial charge in [-0.1, -0.05) is 20.8 Å². The molecule has 2 aliphatic rings. The number of ether oxygens (including phenoxy) is 1. The van der Waals surface area contributed by atoms with E-state index in [0.29, 0.717) is 24.3 Å². The van der Waals surface area contributed by atoms with Crippen molar-refractivity contribution in [1.29, 1.82) is 0 Å². The van der Waals surface area contributed by atoms with Gasteiger partial charge in [-0.3, -0.25) is 0 Å². The maximum Gasteiger partial charge on any atom is 0.231 e. The van der Waals surface area contributed by atoms with Crippen molar-refractivity contribution in [2.24, 2.45) is 5.92 Å². The van der Waals surface area contributed by atoms with Crippen LogP contribution < -0.4 is 9.64 Å². The highest BCUT2D eigenvalue weighted by Gasteiger charge is 2.29. The molecule has 7 nitrogen and oxygen atoms in total. The number of hydrogen-bond donors (Lipinski definition) is 0. The molecule has 1 unspecified atom stereocenters. The van der Waals surface area contributed by atoms with Crippen molar-refractivity contribution in [3.63, 3.8) is 0 Å². The van der Waals surface area contributed by atoms with E-state index in [2.05, 4.69) is 40.7 Å². The summed E-state index contributed by atoms with van der Waals surface area (Å²) >= 11 is 0. The highest BCUT2D eigenvalue weighted by molar-refractivity contribution is 5.41. The first-order valence-corrected chi connectivity index (χ1v) is 10.5. The molecular formula is C22H28N6O. The van der Waals surface area contributed by atoms with Gasteiger partial charge < -0.3 is 9.64 Å². The van der Waals surface area contributed by atoms with Crippen molar-refractivity contribution in [3.05, 3.63) is 42.1 Å². The van der Waals surface area contributed by atoms with Gasteiger partial charge in [-0.15, -0.1) is 5.10 Å². The molecule has 0 aromatic carbocycles. The molecule has 5 rings (SSSR count). The lowest BCUT2D eigenvalue weighted by atomic mass is 9.93. The van der Waals surface area contributed by atoms with Gasteiger partial charge in [-0.05, 0) is 31.4 Å². The molecule has 0 bridgehead atoms. The molecule has 1 aliphatic heterocycles. The second kappa shape index (κ2) is 6.97. The molecule has 1 atom stereocenters. The fraction of sp³-hybridized carbons (Fsp3) is 0.545. The molecule has 4 heterocycles. The van der Waals surface area contributed by atoms with Gasteiger partial charge in [-0.2, -0.15) is 0 Å². The van der Waals surface area contributed by atoms with Crippen LogP contribution in [0.5, 0.6) is 5.88 Å². The van der Waals surface area contributed by atoms with E-state index in [-0.39, 0.29) is 5.41 Å². The third-order valence-corrected chi connectivity index (χ3v) is 5.74. The smallest absolute Gasteiger partial charge is 0.231 e. The fourth-order valence-electron chi connectivity index (χ4n) is 3.76. The first-order valence-electron chi connectivity index (χ1n) is 10.5. The van der Waals surface area contributed by atoms with Gasteiger partial charge in [0.2, 0.25) is 5.88 Å². The molecule has 1 aliphatic carbocycles. The Morgan fingerprint density at radius 3 is 2.76 bits per heavy atom. The molecule has 1 saturated carbocycles. The summed E-state index contributed by atoms with van der Waals surface area (Å²) in [7, 11) is 0. The average Bonchev–Trinajstić information content (AvgIpc) is 3.28. The summed E-state index contributed by atoms with van der Waals surface area (Å²) < 4.78 is 7.85. The van der Waals surface area contributed by atoms with Crippen LogP contribution in [0.15, 0.2) is 30.6 Å². The summed E-state index contributed by atoms with van der Waals surface area (Å²) in [6.45, 7) is 9.10. The molecule has 3 aromatic rings. The summed E-state index contributed by atoms with van der Waals surface area (Å²) in [5, 5.41) is 4.58. The Bertz CT molecular complexity index is 1020. The van der Waals surface area contributed by atoms with Crippen LogP contribution in [0.1, 0.15) is 57.5 Å². The van der Waals surface area contributed by atoms with Gasteiger partial charge >= 0.3 is 0 Å². The van der Waals surface area contributed by atoms with Gasteiger partial charge in [0, 0.05) is 42.6 Å². The number of imidazole rings is 1. The zero-order valence-corrected chi connectivity index (χ0v) is 17.4. The minimum absolute atomic E-state index is 0.00237. The van der Waals surface area contributed by atoms with E-state index < -0.39 is 0 Å². The summed E-state index contributed by atoms with van der Waals surface area (Å²) in [6.07, 6.45) is 7.45. The highest BCUT2D eigenvalue weighted by atomic mass is 16.5. The van der Waals surface area contributed by atoms with Gasteiger partial charge in [0.25, 0.3) is 0 Å². The molecule has 0 amide bonds. The Morgan fingerprint density at radius 2 is 1.97 bits per heavy atom. The van der Waals surface area contributed by atoms with E-state index in [1.807, 2.05) is 35.1 Å². The van der Waals surface area contributed by atoms with Crippen molar-refractivity contribution in [2.75, 3.05) is 24.6 Å². The van der Waals surface area contributed by atoms with Gasteiger partial charge in [0.15, 0.2) is 5.65 Å². The van der Waals surface area contributed by atoms with Crippen LogP contribution in [-0.2, 0) is 5.41 Å². The van der Waals surface area contributed by atoms with Crippen LogP contribution in [0.3, 0.4) is 0 Å². The van der Waals surface area contributed by atoms with Crippen LogP contribution in [0.2, 0.25) is 0 Å². The molecule has 7 heteroatoms. The molecular weight excluding hydrogens is 364 g/mol. The minimum Gasteiger partial charge on any atom is -0.476 e. The molecule has 0 spiro atoms. The SMILES string of the molecule is CC(C)(C)c1cn2nc(OCC3CCN(c4ccnc(C5CC5)n4)C3)ccc2n1. The second-order valence-corrected chi connectivity index (χ2v) is 9.31. The molecule has 2 fully saturated rings. The second-order valence-electron chi connectivity index (χ2n) is 9.31. The summed E-state index contributed by atoms with van der Waals surface area (Å²) in [6, 6.07) is 5.91. The van der Waals surface area contributed by atoms with Crippen LogP contribution in [0.4, 0.5) is 5.82 Å². The minimum atomic E-state index is 0.00237. The number of nitrogens with zero attached hydrogens (tertiary/aromatic N) is 6. The molecule has 0 N–H and O–H groups in total. The predicted octanol–water partition coefficient (Wildman–Crippen LogP) is 3.60. The molecule has 0 radical (unpaired) electrons. The van der Waals surface area contributed by atoms with Crippen molar-refractivity contribution in [2.45, 2.75) is 51.4 Å². The van der Waals surface area contributed by atoms with Crippen LogP contribution in [0, 0.1) is 5.92 Å². The van der Waals surface area contributed by atoms with E-state index in [1.165, 1.54) is 12.8 Å². The lowest BCUT2D eigenvalue weighted by Gasteiger charge is -2.18. The Morgan fingerprint density at radius 1 is 1.10 bits per heavy atom. The van der Waals surface area contributed by atoms with Crippen molar-refractivity contribution in [1.82, 2.24) is 24.6 Å². The summed E-state index contributed by atoms with van der Waals surface area (Å²) in [5.41, 5.74) is 1.89. The Labute approximate surface area is 171 Å². The number of rotatable bonds is 5. The summed E-state index contributed by atoms with van der Waals surface area (Å²) in [4.78, 5) is 16.2. The fourth-order valence-corrected chi connectivity index (χ4v) is 3.76. The van der Waals surface area contributed by atoms with Crippen molar-refractivity contribution < 1.29 is 4.74 Å². The molecule has 3 aromatic heterocycles. The highest BCUT2D eigenvalue weighted by Crippen LogP contribution is 2.38. The first kappa shape index (κ1) is 18.3. The predicted molar refractivity (Wildman–Crippen MR) is 112 cm³/mol. The molecule has 152 valence electrons. The topological polar surface area (TPSA) is 68.4 Å². The van der Waals surface area contributed by atoms with E-state index in [4.69, 9.17) is 9.72 Å². The average molecular weight is 393 g/mol. The lowest BCUT2D eigenvalue weighted by Crippen LogP contribution is -2.23. The maximum absolute atomic E-state index is 6.03. The number of fused-ring (bicyclic) bond motifs is 1. The molecule has 29 heavy (non-hydrogen) atoms. The van der Waals surface area contributed by atoms with E-state index in [0.717, 1.165) is 42.5 Å². The Hall–Kier alpha value is -2.70. The van der Waals surface area contributed by atoms with E-state index >= 15 is 0 Å². The molecule has 1 saturated heterocycles. The third-order valence-electron chi connectivity index (χ3n) is 5.74. The Balaban J connectivity index is 1.21. The van der Waals surface area contributed by atoms with Crippen LogP contribution in [-0.4, -0.2) is 44.3 Å². The van der Waals surface area contributed by atoms with Gasteiger partial charge in [-0.25, -0.2) is 19.5 Å². The van der Waals surface area contributed by atoms with E-state index in [1.54, 1.807) is 0 Å². The maximum atomic E-state index is 6.03. The van der Waals surface area contributed by atoms with Crippen LogP contribution in [0.25, 0.3) is 5.65 Å². The third kappa shape index (κ3) is 3.91. The van der Waals surface area contributed by atoms with E-state index in [9.17, 15) is 0 Å². The quantitative estimate of drug-likeness (QED) is 0.661. The lowest BCUT2D eigenvalue weighted by molar-refractivity contribution is 0.249. The number of anilines is 1. The summed E-state index contributed by atoms with van der Waals surface area (Å²) in [5.74, 6) is 3.76. The first-order chi connectivity index (χ1) is 14.0. The Kier molecular flexibility index (Phi) is 4.41. The monoisotopic (exact) mass is 392 g/mol. The standard InChI is InChI=1S/C22H28N6O/c1-22(2,3)17-13-28-19(24-17)6-7-20(26-28)29-14-15-9-11-27(12-15)18-8-10-23-21(25-18)16-4-5-16/h6-8,10,13,15-16H,4-5,9,11-12,14H2,1-3H3. The zero-order valence-electron chi connectivity index (χ0n) is 17.4. The zero-order chi connectivity index (χ0) is 20.0.